The van der Waals surface area contributed by atoms with Crippen molar-refractivity contribution in [2.75, 3.05) is 31.6 Å². The van der Waals surface area contributed by atoms with Crippen molar-refractivity contribution in [3.8, 4) is 5.75 Å². The lowest BCUT2D eigenvalue weighted by atomic mass is 9.97. The van der Waals surface area contributed by atoms with Crippen molar-refractivity contribution in [3.05, 3.63) is 48.5 Å². The molecule has 122 valence electrons. The summed E-state index contributed by atoms with van der Waals surface area (Å²) in [5, 5.41) is 0. The van der Waals surface area contributed by atoms with Crippen LogP contribution in [0.2, 0.25) is 0 Å². The standard InChI is InChI=1S/C18H24N4O/c1-18(2)14-21(13-17-19-9-6-10-20-17)11-12-22(18)15-7-4-5-8-16(15)23-3/h4-10H,11-14H2,1-3H3. The molecule has 3 rings (SSSR count). The largest absolute Gasteiger partial charge is 0.495 e. The van der Waals surface area contributed by atoms with Gasteiger partial charge in [-0.3, -0.25) is 4.90 Å². The predicted molar refractivity (Wildman–Crippen MR) is 91.7 cm³/mol. The molecule has 1 aliphatic heterocycles. The number of hydrogen-bond acceptors (Lipinski definition) is 5. The van der Waals surface area contributed by atoms with Crippen LogP contribution >= 0.6 is 0 Å². The summed E-state index contributed by atoms with van der Waals surface area (Å²) in [5.41, 5.74) is 1.18. The highest BCUT2D eigenvalue weighted by Gasteiger charge is 2.35. The SMILES string of the molecule is COc1ccccc1N1CCN(Cc2ncccn2)CC1(C)C. The summed E-state index contributed by atoms with van der Waals surface area (Å²) in [4.78, 5) is 13.5. The maximum atomic E-state index is 5.54. The van der Waals surface area contributed by atoms with Crippen molar-refractivity contribution in [1.29, 1.82) is 0 Å². The van der Waals surface area contributed by atoms with Gasteiger partial charge >= 0.3 is 0 Å². The lowest BCUT2D eigenvalue weighted by Gasteiger charge is -2.48. The first-order valence-electron chi connectivity index (χ1n) is 7.99. The molecule has 0 aliphatic carbocycles. The van der Waals surface area contributed by atoms with Gasteiger partial charge in [0.2, 0.25) is 0 Å². The molecule has 1 aromatic heterocycles. The number of aromatic nitrogens is 2. The second-order valence-corrected chi connectivity index (χ2v) is 6.51. The van der Waals surface area contributed by atoms with Crippen molar-refractivity contribution in [3.63, 3.8) is 0 Å². The zero-order valence-electron chi connectivity index (χ0n) is 14.1. The zero-order chi connectivity index (χ0) is 16.3. The highest BCUT2D eigenvalue weighted by Crippen LogP contribution is 2.34. The number of methoxy groups -OCH3 is 1. The molecule has 1 aliphatic rings. The quantitative estimate of drug-likeness (QED) is 0.868. The Kier molecular flexibility index (Phi) is 4.48. The maximum Gasteiger partial charge on any atom is 0.142 e. The molecule has 23 heavy (non-hydrogen) atoms. The molecule has 1 fully saturated rings. The third-order valence-electron chi connectivity index (χ3n) is 4.34. The summed E-state index contributed by atoms with van der Waals surface area (Å²) in [6, 6.07) is 10.1. The fourth-order valence-corrected chi connectivity index (χ4v) is 3.30. The summed E-state index contributed by atoms with van der Waals surface area (Å²) >= 11 is 0. The van der Waals surface area contributed by atoms with E-state index in [4.69, 9.17) is 4.74 Å². The number of hydrogen-bond donors (Lipinski definition) is 0. The van der Waals surface area contributed by atoms with Gasteiger partial charge in [-0.05, 0) is 32.0 Å². The average Bonchev–Trinajstić information content (AvgIpc) is 2.55. The van der Waals surface area contributed by atoms with Gasteiger partial charge in [0.05, 0.1) is 19.3 Å². The van der Waals surface area contributed by atoms with E-state index in [0.717, 1.165) is 43.4 Å². The van der Waals surface area contributed by atoms with E-state index < -0.39 is 0 Å². The minimum absolute atomic E-state index is 0.0155. The van der Waals surface area contributed by atoms with E-state index >= 15 is 0 Å². The lowest BCUT2D eigenvalue weighted by molar-refractivity contribution is 0.171. The number of nitrogens with zero attached hydrogens (tertiary/aromatic N) is 4. The maximum absolute atomic E-state index is 5.54. The van der Waals surface area contributed by atoms with Crippen LogP contribution in [0.25, 0.3) is 0 Å². The molecule has 0 N–H and O–H groups in total. The van der Waals surface area contributed by atoms with Crippen LogP contribution in [0.4, 0.5) is 5.69 Å². The number of anilines is 1. The number of ether oxygens (including phenoxy) is 1. The van der Waals surface area contributed by atoms with E-state index in [-0.39, 0.29) is 5.54 Å². The van der Waals surface area contributed by atoms with E-state index in [0.29, 0.717) is 0 Å². The smallest absolute Gasteiger partial charge is 0.142 e. The van der Waals surface area contributed by atoms with Crippen LogP contribution in [-0.4, -0.2) is 47.2 Å². The van der Waals surface area contributed by atoms with E-state index in [1.165, 1.54) is 0 Å². The van der Waals surface area contributed by atoms with E-state index in [1.54, 1.807) is 19.5 Å². The van der Waals surface area contributed by atoms with Crippen molar-refractivity contribution in [1.82, 2.24) is 14.9 Å². The second kappa shape index (κ2) is 6.54. The molecule has 5 nitrogen and oxygen atoms in total. The second-order valence-electron chi connectivity index (χ2n) is 6.51. The van der Waals surface area contributed by atoms with Crippen LogP contribution in [0.15, 0.2) is 42.7 Å². The molecule has 5 heteroatoms. The van der Waals surface area contributed by atoms with Gasteiger partial charge in [0.25, 0.3) is 0 Å². The molecular weight excluding hydrogens is 288 g/mol. The highest BCUT2D eigenvalue weighted by atomic mass is 16.5. The molecule has 0 atom stereocenters. The Balaban J connectivity index is 1.75. The highest BCUT2D eigenvalue weighted by molar-refractivity contribution is 5.60. The van der Waals surface area contributed by atoms with Gasteiger partial charge in [-0.1, -0.05) is 12.1 Å². The fraction of sp³-hybridized carbons (Fsp3) is 0.444. The molecular formula is C18H24N4O. The first kappa shape index (κ1) is 15.7. The molecule has 1 aromatic carbocycles. The molecule has 0 amide bonds. The third-order valence-corrected chi connectivity index (χ3v) is 4.34. The Morgan fingerprint density at radius 1 is 1.09 bits per heavy atom. The number of rotatable bonds is 4. The van der Waals surface area contributed by atoms with Gasteiger partial charge < -0.3 is 9.64 Å². The van der Waals surface area contributed by atoms with Gasteiger partial charge in [-0.15, -0.1) is 0 Å². The summed E-state index contributed by atoms with van der Waals surface area (Å²) in [6.07, 6.45) is 3.61. The van der Waals surface area contributed by atoms with Crippen LogP contribution in [0.1, 0.15) is 19.7 Å². The van der Waals surface area contributed by atoms with E-state index in [2.05, 4.69) is 45.7 Å². The Hall–Kier alpha value is -2.14. The molecule has 2 aromatic rings. The topological polar surface area (TPSA) is 41.5 Å². The predicted octanol–water partition coefficient (Wildman–Crippen LogP) is 2.59. The lowest BCUT2D eigenvalue weighted by Crippen LogP contribution is -2.59. The van der Waals surface area contributed by atoms with Crippen LogP contribution < -0.4 is 9.64 Å². The van der Waals surface area contributed by atoms with Gasteiger partial charge in [-0.25, -0.2) is 9.97 Å². The molecule has 0 radical (unpaired) electrons. The van der Waals surface area contributed by atoms with E-state index in [9.17, 15) is 0 Å². The molecule has 0 unspecified atom stereocenters. The fourth-order valence-electron chi connectivity index (χ4n) is 3.30. The van der Waals surface area contributed by atoms with Crippen molar-refractivity contribution < 1.29 is 4.74 Å². The summed E-state index contributed by atoms with van der Waals surface area (Å²) < 4.78 is 5.54. The molecule has 0 bridgehead atoms. The Morgan fingerprint density at radius 3 is 2.52 bits per heavy atom. The monoisotopic (exact) mass is 312 g/mol. The minimum Gasteiger partial charge on any atom is -0.495 e. The van der Waals surface area contributed by atoms with Crippen LogP contribution in [0, 0.1) is 0 Å². The average molecular weight is 312 g/mol. The first-order chi connectivity index (χ1) is 11.1. The molecule has 0 spiro atoms. The molecule has 2 heterocycles. The third kappa shape index (κ3) is 3.45. The Bertz CT molecular complexity index is 644. The van der Waals surface area contributed by atoms with Gasteiger partial charge in [0, 0.05) is 37.6 Å². The number of benzene rings is 1. The Labute approximate surface area is 137 Å². The van der Waals surface area contributed by atoms with Gasteiger partial charge in [-0.2, -0.15) is 0 Å². The molecule has 1 saturated heterocycles. The van der Waals surface area contributed by atoms with E-state index in [1.807, 2.05) is 18.2 Å². The number of para-hydroxylation sites is 2. The summed E-state index contributed by atoms with van der Waals surface area (Å²) in [7, 11) is 1.73. The zero-order valence-corrected chi connectivity index (χ0v) is 14.1. The van der Waals surface area contributed by atoms with Crippen LogP contribution in [0.3, 0.4) is 0 Å². The van der Waals surface area contributed by atoms with Crippen molar-refractivity contribution >= 4 is 5.69 Å². The van der Waals surface area contributed by atoms with Gasteiger partial charge in [0.1, 0.15) is 11.6 Å². The van der Waals surface area contributed by atoms with Crippen LogP contribution in [0.5, 0.6) is 5.75 Å². The Morgan fingerprint density at radius 2 is 1.83 bits per heavy atom. The summed E-state index contributed by atoms with van der Waals surface area (Å²) in [6.45, 7) is 8.25. The first-order valence-corrected chi connectivity index (χ1v) is 7.99. The van der Waals surface area contributed by atoms with Crippen LogP contribution in [-0.2, 0) is 6.54 Å². The van der Waals surface area contributed by atoms with Crippen molar-refractivity contribution in [2.24, 2.45) is 0 Å². The number of piperazine rings is 1. The van der Waals surface area contributed by atoms with Gasteiger partial charge in [0.15, 0.2) is 0 Å². The molecule has 0 saturated carbocycles. The van der Waals surface area contributed by atoms with Crippen molar-refractivity contribution in [2.45, 2.75) is 25.9 Å². The minimum atomic E-state index is 0.0155. The normalized spacial score (nSPS) is 18.0. The summed E-state index contributed by atoms with van der Waals surface area (Å²) in [5.74, 6) is 1.81.